The molecule has 3 nitrogen and oxygen atoms in total. The van der Waals surface area contributed by atoms with E-state index in [2.05, 4.69) is 25.2 Å². The molecule has 0 fully saturated rings. The van der Waals surface area contributed by atoms with Gasteiger partial charge in [0.2, 0.25) is 5.91 Å². The molecule has 1 amide bonds. The Morgan fingerprint density at radius 3 is 2.56 bits per heavy atom. The first kappa shape index (κ1) is 14.2. The summed E-state index contributed by atoms with van der Waals surface area (Å²) in [6.45, 7) is 5.10. The van der Waals surface area contributed by atoms with Crippen LogP contribution in [0.25, 0.3) is 0 Å². The number of hydrogen-bond acceptors (Lipinski definition) is 2. The van der Waals surface area contributed by atoms with Crippen molar-refractivity contribution in [1.29, 1.82) is 5.26 Å². The van der Waals surface area contributed by atoms with E-state index in [0.717, 1.165) is 24.9 Å². The van der Waals surface area contributed by atoms with Gasteiger partial charge in [0.15, 0.2) is 0 Å². The van der Waals surface area contributed by atoms with Crippen molar-refractivity contribution in [3.8, 4) is 6.07 Å². The summed E-state index contributed by atoms with van der Waals surface area (Å²) in [6, 6.07) is 9.19. The van der Waals surface area contributed by atoms with Gasteiger partial charge in [0.05, 0.1) is 18.1 Å². The van der Waals surface area contributed by atoms with Crippen molar-refractivity contribution in [3.63, 3.8) is 0 Å². The van der Waals surface area contributed by atoms with Crippen molar-refractivity contribution in [2.24, 2.45) is 5.92 Å². The molecule has 1 aromatic rings. The number of rotatable bonds is 6. The molecule has 0 aromatic heterocycles. The molecule has 0 unspecified atom stereocenters. The van der Waals surface area contributed by atoms with Crippen molar-refractivity contribution in [2.75, 3.05) is 6.54 Å². The van der Waals surface area contributed by atoms with E-state index < -0.39 is 0 Å². The quantitative estimate of drug-likeness (QED) is 0.782. The van der Waals surface area contributed by atoms with Crippen LogP contribution in [0.4, 0.5) is 0 Å². The standard InChI is InChI=1S/C15H20N2O/c1-12(2)4-3-9-17-15(18)10-13-5-7-14(11-16)8-6-13/h5-8,12H,3-4,9-10H2,1-2H3,(H,17,18). The molecular weight excluding hydrogens is 224 g/mol. The fourth-order valence-electron chi connectivity index (χ4n) is 1.68. The number of nitrogens with zero attached hydrogens (tertiary/aromatic N) is 1. The highest BCUT2D eigenvalue weighted by Crippen LogP contribution is 2.04. The second-order valence-corrected chi connectivity index (χ2v) is 4.87. The van der Waals surface area contributed by atoms with Gasteiger partial charge >= 0.3 is 0 Å². The zero-order valence-corrected chi connectivity index (χ0v) is 11.1. The molecule has 0 aliphatic carbocycles. The number of nitriles is 1. The van der Waals surface area contributed by atoms with Crippen LogP contribution in [0.5, 0.6) is 0 Å². The molecule has 0 saturated heterocycles. The van der Waals surface area contributed by atoms with E-state index >= 15 is 0 Å². The molecule has 0 heterocycles. The smallest absolute Gasteiger partial charge is 0.224 e. The van der Waals surface area contributed by atoms with E-state index in [0.29, 0.717) is 17.9 Å². The number of amides is 1. The van der Waals surface area contributed by atoms with E-state index in [4.69, 9.17) is 5.26 Å². The predicted molar refractivity (Wildman–Crippen MR) is 71.9 cm³/mol. The molecule has 96 valence electrons. The topological polar surface area (TPSA) is 52.9 Å². The second kappa shape index (κ2) is 7.50. The Kier molecular flexibility index (Phi) is 5.93. The minimum Gasteiger partial charge on any atom is -0.356 e. The number of benzene rings is 1. The molecule has 0 bridgehead atoms. The van der Waals surface area contributed by atoms with Gasteiger partial charge in [0, 0.05) is 6.54 Å². The average molecular weight is 244 g/mol. The Morgan fingerprint density at radius 2 is 2.00 bits per heavy atom. The molecule has 0 aliphatic rings. The number of hydrogen-bond donors (Lipinski definition) is 1. The Labute approximate surface area is 109 Å². The SMILES string of the molecule is CC(C)CCCNC(=O)Cc1ccc(C#N)cc1. The zero-order valence-electron chi connectivity index (χ0n) is 11.1. The van der Waals surface area contributed by atoms with Gasteiger partial charge in [-0.15, -0.1) is 0 Å². The lowest BCUT2D eigenvalue weighted by molar-refractivity contribution is -0.120. The van der Waals surface area contributed by atoms with Crippen molar-refractivity contribution in [3.05, 3.63) is 35.4 Å². The Hall–Kier alpha value is -1.82. The van der Waals surface area contributed by atoms with Crippen molar-refractivity contribution in [1.82, 2.24) is 5.32 Å². The van der Waals surface area contributed by atoms with Crippen molar-refractivity contribution >= 4 is 5.91 Å². The van der Waals surface area contributed by atoms with E-state index in [1.54, 1.807) is 12.1 Å². The third-order valence-corrected chi connectivity index (χ3v) is 2.73. The minimum atomic E-state index is 0.0449. The van der Waals surface area contributed by atoms with Gasteiger partial charge in [-0.1, -0.05) is 26.0 Å². The van der Waals surface area contributed by atoms with Crippen LogP contribution in [-0.2, 0) is 11.2 Å². The summed E-state index contributed by atoms with van der Waals surface area (Å²) in [7, 11) is 0. The molecule has 0 radical (unpaired) electrons. The van der Waals surface area contributed by atoms with Crippen LogP contribution >= 0.6 is 0 Å². The van der Waals surface area contributed by atoms with Gasteiger partial charge in [0.1, 0.15) is 0 Å². The van der Waals surface area contributed by atoms with Crippen LogP contribution < -0.4 is 5.32 Å². The van der Waals surface area contributed by atoms with Gasteiger partial charge in [-0.25, -0.2) is 0 Å². The lowest BCUT2D eigenvalue weighted by atomic mass is 10.1. The first-order valence-corrected chi connectivity index (χ1v) is 6.37. The number of nitrogens with one attached hydrogen (secondary N) is 1. The third-order valence-electron chi connectivity index (χ3n) is 2.73. The van der Waals surface area contributed by atoms with Gasteiger partial charge in [-0.05, 0) is 36.5 Å². The fraction of sp³-hybridized carbons (Fsp3) is 0.467. The van der Waals surface area contributed by atoms with Crippen LogP contribution in [0.3, 0.4) is 0 Å². The van der Waals surface area contributed by atoms with E-state index in [-0.39, 0.29) is 5.91 Å². The van der Waals surface area contributed by atoms with E-state index in [1.807, 2.05) is 12.1 Å². The average Bonchev–Trinajstić information content (AvgIpc) is 2.35. The largest absolute Gasteiger partial charge is 0.356 e. The summed E-state index contributed by atoms with van der Waals surface area (Å²) in [4.78, 5) is 11.6. The minimum absolute atomic E-state index is 0.0449. The van der Waals surface area contributed by atoms with Crippen LogP contribution in [0.1, 0.15) is 37.8 Å². The normalized spacial score (nSPS) is 10.1. The molecule has 0 atom stereocenters. The van der Waals surface area contributed by atoms with Crippen molar-refractivity contribution in [2.45, 2.75) is 33.1 Å². The zero-order chi connectivity index (χ0) is 13.4. The highest BCUT2D eigenvalue weighted by Gasteiger charge is 2.03. The highest BCUT2D eigenvalue weighted by molar-refractivity contribution is 5.78. The molecule has 1 N–H and O–H groups in total. The molecule has 0 saturated carbocycles. The monoisotopic (exact) mass is 244 g/mol. The Bertz CT molecular complexity index is 415. The molecular formula is C15H20N2O. The van der Waals surface area contributed by atoms with Crippen molar-refractivity contribution < 1.29 is 4.79 Å². The summed E-state index contributed by atoms with van der Waals surface area (Å²) in [5.74, 6) is 0.726. The third kappa shape index (κ3) is 5.49. The summed E-state index contributed by atoms with van der Waals surface area (Å²) in [5, 5.41) is 11.6. The second-order valence-electron chi connectivity index (χ2n) is 4.87. The molecule has 1 aromatic carbocycles. The van der Waals surface area contributed by atoms with Gasteiger partial charge < -0.3 is 5.32 Å². The maximum absolute atomic E-state index is 11.6. The number of carbonyl (C=O) groups excluding carboxylic acids is 1. The van der Waals surface area contributed by atoms with Crippen LogP contribution in [-0.4, -0.2) is 12.5 Å². The molecule has 1 rings (SSSR count). The van der Waals surface area contributed by atoms with Gasteiger partial charge in [-0.2, -0.15) is 5.26 Å². The van der Waals surface area contributed by atoms with Gasteiger partial charge in [-0.3, -0.25) is 4.79 Å². The molecule has 0 aliphatic heterocycles. The lowest BCUT2D eigenvalue weighted by Crippen LogP contribution is -2.26. The molecule has 0 spiro atoms. The van der Waals surface area contributed by atoms with E-state index in [1.165, 1.54) is 0 Å². The summed E-state index contributed by atoms with van der Waals surface area (Å²) in [6.07, 6.45) is 2.54. The summed E-state index contributed by atoms with van der Waals surface area (Å²) in [5.41, 5.74) is 1.56. The molecule has 18 heavy (non-hydrogen) atoms. The predicted octanol–water partition coefficient (Wildman–Crippen LogP) is 2.65. The maximum atomic E-state index is 11.6. The Morgan fingerprint density at radius 1 is 1.33 bits per heavy atom. The summed E-state index contributed by atoms with van der Waals surface area (Å²) < 4.78 is 0. The number of carbonyl (C=O) groups is 1. The first-order chi connectivity index (χ1) is 8.61. The summed E-state index contributed by atoms with van der Waals surface area (Å²) >= 11 is 0. The molecule has 3 heteroatoms. The maximum Gasteiger partial charge on any atom is 0.224 e. The van der Waals surface area contributed by atoms with Crippen LogP contribution in [0.15, 0.2) is 24.3 Å². The van der Waals surface area contributed by atoms with Crippen LogP contribution in [0.2, 0.25) is 0 Å². The van der Waals surface area contributed by atoms with Gasteiger partial charge in [0.25, 0.3) is 0 Å². The lowest BCUT2D eigenvalue weighted by Gasteiger charge is -2.07. The highest BCUT2D eigenvalue weighted by atomic mass is 16.1. The first-order valence-electron chi connectivity index (χ1n) is 6.37. The van der Waals surface area contributed by atoms with E-state index in [9.17, 15) is 4.79 Å². The fourth-order valence-corrected chi connectivity index (χ4v) is 1.68. The Balaban J connectivity index is 2.29. The van der Waals surface area contributed by atoms with Crippen LogP contribution in [0, 0.1) is 17.2 Å².